The first-order valence-corrected chi connectivity index (χ1v) is 9.34. The van der Waals surface area contributed by atoms with Crippen LogP contribution in [0.25, 0.3) is 11.0 Å². The Kier molecular flexibility index (Phi) is 4.81. The number of urea groups is 1. The lowest BCUT2D eigenvalue weighted by Gasteiger charge is -2.34. The quantitative estimate of drug-likeness (QED) is 0.751. The third kappa shape index (κ3) is 3.68. The molecule has 4 rings (SSSR count). The molecule has 1 saturated heterocycles. The summed E-state index contributed by atoms with van der Waals surface area (Å²) >= 11 is 1.20. The van der Waals surface area contributed by atoms with Crippen molar-refractivity contribution < 1.29 is 4.79 Å². The molecule has 0 spiro atoms. The Labute approximate surface area is 155 Å². The first-order valence-electron chi connectivity index (χ1n) is 8.61. The number of amides is 2. The van der Waals surface area contributed by atoms with Gasteiger partial charge in [-0.2, -0.15) is 8.75 Å². The molecule has 8 nitrogen and oxygen atoms in total. The number of nitrogens with one attached hydrogen (secondary N) is 1. The molecule has 1 aromatic carbocycles. The predicted octanol–water partition coefficient (Wildman–Crippen LogP) is 1.45. The lowest BCUT2D eigenvalue weighted by atomic mass is 10.2. The van der Waals surface area contributed by atoms with Gasteiger partial charge in [0.15, 0.2) is 0 Å². The van der Waals surface area contributed by atoms with Crippen LogP contribution in [0.15, 0.2) is 30.6 Å². The fourth-order valence-electron chi connectivity index (χ4n) is 3.09. The molecule has 2 aromatic heterocycles. The van der Waals surface area contributed by atoms with Crippen molar-refractivity contribution in [1.29, 1.82) is 0 Å². The van der Waals surface area contributed by atoms with Crippen molar-refractivity contribution >= 4 is 28.8 Å². The Morgan fingerprint density at radius 2 is 2.00 bits per heavy atom. The number of rotatable bonds is 4. The summed E-state index contributed by atoms with van der Waals surface area (Å²) in [6, 6.07) is 5.88. The maximum absolute atomic E-state index is 12.4. The van der Waals surface area contributed by atoms with E-state index in [4.69, 9.17) is 0 Å². The molecule has 0 aliphatic carbocycles. The van der Waals surface area contributed by atoms with Gasteiger partial charge in [0.1, 0.15) is 16.9 Å². The minimum atomic E-state index is -0.0156. The van der Waals surface area contributed by atoms with Gasteiger partial charge in [-0.3, -0.25) is 4.90 Å². The first-order chi connectivity index (χ1) is 12.7. The van der Waals surface area contributed by atoms with E-state index >= 15 is 0 Å². The molecule has 136 valence electrons. The highest BCUT2D eigenvalue weighted by Gasteiger charge is 2.21. The van der Waals surface area contributed by atoms with Gasteiger partial charge in [-0.25, -0.2) is 9.78 Å². The zero-order valence-electron chi connectivity index (χ0n) is 14.6. The number of nitrogens with zero attached hydrogens (tertiary/aromatic N) is 6. The Bertz CT molecular complexity index is 897. The average molecular weight is 371 g/mol. The number of hydrogen-bond acceptors (Lipinski definition) is 6. The fraction of sp³-hybridized carbons (Fsp3) is 0.412. The number of piperazine rings is 1. The molecule has 26 heavy (non-hydrogen) atoms. The number of carbonyl (C=O) groups excluding carboxylic acids is 1. The second-order valence-electron chi connectivity index (χ2n) is 6.46. The molecule has 2 amide bonds. The van der Waals surface area contributed by atoms with Gasteiger partial charge >= 0.3 is 6.03 Å². The molecule has 0 saturated carbocycles. The topological polar surface area (TPSA) is 79.2 Å². The van der Waals surface area contributed by atoms with Crippen molar-refractivity contribution in [1.82, 2.24) is 33.4 Å². The van der Waals surface area contributed by atoms with Gasteiger partial charge < -0.3 is 14.8 Å². The molecule has 0 radical (unpaired) electrons. The summed E-state index contributed by atoms with van der Waals surface area (Å²) < 4.78 is 10.5. The maximum Gasteiger partial charge on any atom is 0.317 e. The summed E-state index contributed by atoms with van der Waals surface area (Å²) in [5, 5.41) is 3.00. The maximum atomic E-state index is 12.4. The van der Waals surface area contributed by atoms with Crippen molar-refractivity contribution in [2.45, 2.75) is 13.1 Å². The van der Waals surface area contributed by atoms with Crippen molar-refractivity contribution in [3.05, 3.63) is 42.0 Å². The van der Waals surface area contributed by atoms with Crippen LogP contribution in [-0.4, -0.2) is 60.3 Å². The van der Waals surface area contributed by atoms with E-state index < -0.39 is 0 Å². The second-order valence-corrected chi connectivity index (χ2v) is 6.99. The largest absolute Gasteiger partial charge is 0.337 e. The molecule has 1 aliphatic heterocycles. The molecule has 0 bridgehead atoms. The molecule has 0 unspecified atom stereocenters. The zero-order valence-corrected chi connectivity index (χ0v) is 15.4. The number of carbonyl (C=O) groups is 1. The number of hydrogen-bond donors (Lipinski definition) is 1. The van der Waals surface area contributed by atoms with E-state index in [0.717, 1.165) is 55.1 Å². The third-order valence-electron chi connectivity index (χ3n) is 4.71. The molecule has 0 atom stereocenters. The third-order valence-corrected chi connectivity index (χ3v) is 5.26. The van der Waals surface area contributed by atoms with Crippen molar-refractivity contribution in [2.24, 2.45) is 7.05 Å². The van der Waals surface area contributed by atoms with Crippen molar-refractivity contribution in [2.75, 3.05) is 26.2 Å². The number of benzene rings is 1. The second kappa shape index (κ2) is 7.38. The highest BCUT2D eigenvalue weighted by atomic mass is 32.1. The van der Waals surface area contributed by atoms with Gasteiger partial charge in [0.2, 0.25) is 0 Å². The smallest absolute Gasteiger partial charge is 0.317 e. The molecule has 1 N–H and O–H groups in total. The molecular weight excluding hydrogens is 350 g/mol. The van der Waals surface area contributed by atoms with Crippen LogP contribution in [0.2, 0.25) is 0 Å². The SMILES string of the molecule is Cn1ccnc1CN1CCN(C(=O)NCc2ccc3nsnc3c2)CC1. The summed E-state index contributed by atoms with van der Waals surface area (Å²) in [7, 11) is 2.01. The van der Waals surface area contributed by atoms with Crippen LogP contribution in [0.5, 0.6) is 0 Å². The van der Waals surface area contributed by atoms with E-state index in [0.29, 0.717) is 6.54 Å². The highest BCUT2D eigenvalue weighted by molar-refractivity contribution is 7.00. The number of aromatic nitrogens is 4. The Hall–Kier alpha value is -2.52. The monoisotopic (exact) mass is 371 g/mol. The normalized spacial score (nSPS) is 15.5. The number of imidazole rings is 1. The lowest BCUT2D eigenvalue weighted by Crippen LogP contribution is -2.51. The Morgan fingerprint density at radius 3 is 2.77 bits per heavy atom. The van der Waals surface area contributed by atoms with E-state index in [1.54, 1.807) is 0 Å². The van der Waals surface area contributed by atoms with Gasteiger partial charge in [0.05, 0.1) is 18.3 Å². The van der Waals surface area contributed by atoms with Crippen LogP contribution >= 0.6 is 11.7 Å². The first kappa shape index (κ1) is 16.9. The molecule has 3 heterocycles. The molecular formula is C17H21N7OS. The Morgan fingerprint density at radius 1 is 1.19 bits per heavy atom. The minimum Gasteiger partial charge on any atom is -0.337 e. The van der Waals surface area contributed by atoms with Gasteiger partial charge in [0, 0.05) is 52.2 Å². The summed E-state index contributed by atoms with van der Waals surface area (Å²) in [6.07, 6.45) is 3.77. The number of aryl methyl sites for hydroxylation is 1. The van der Waals surface area contributed by atoms with Gasteiger partial charge in [-0.1, -0.05) is 6.07 Å². The molecule has 9 heteroatoms. The predicted molar refractivity (Wildman–Crippen MR) is 99.7 cm³/mol. The van der Waals surface area contributed by atoms with Crippen LogP contribution < -0.4 is 5.32 Å². The van der Waals surface area contributed by atoms with Gasteiger partial charge in [0.25, 0.3) is 0 Å². The summed E-state index contributed by atoms with van der Waals surface area (Å²) in [5.74, 6) is 1.05. The van der Waals surface area contributed by atoms with Crippen LogP contribution in [-0.2, 0) is 20.1 Å². The van der Waals surface area contributed by atoms with Crippen molar-refractivity contribution in [3.63, 3.8) is 0 Å². The van der Waals surface area contributed by atoms with Gasteiger partial charge in [-0.05, 0) is 17.7 Å². The summed E-state index contributed by atoms with van der Waals surface area (Å²) in [5.41, 5.74) is 2.81. The number of fused-ring (bicyclic) bond motifs is 1. The minimum absolute atomic E-state index is 0.0156. The summed E-state index contributed by atoms with van der Waals surface area (Å²) in [6.45, 7) is 4.49. The molecule has 3 aromatic rings. The lowest BCUT2D eigenvalue weighted by molar-refractivity contribution is 0.132. The van der Waals surface area contributed by atoms with Crippen LogP contribution in [0.1, 0.15) is 11.4 Å². The van der Waals surface area contributed by atoms with Crippen LogP contribution in [0.4, 0.5) is 4.79 Å². The van der Waals surface area contributed by atoms with E-state index in [2.05, 4.69) is 23.9 Å². The van der Waals surface area contributed by atoms with Crippen LogP contribution in [0, 0.1) is 0 Å². The van der Waals surface area contributed by atoms with Crippen LogP contribution in [0.3, 0.4) is 0 Å². The van der Waals surface area contributed by atoms with E-state index in [1.165, 1.54) is 11.7 Å². The standard InChI is InChI=1S/C17H21N7OS/c1-22-5-4-18-16(22)12-23-6-8-24(9-7-23)17(25)19-11-13-2-3-14-15(10-13)21-26-20-14/h2-5,10H,6-9,11-12H2,1H3,(H,19,25). The average Bonchev–Trinajstić information content (AvgIpc) is 3.29. The summed E-state index contributed by atoms with van der Waals surface area (Å²) in [4.78, 5) is 21.0. The molecule has 1 fully saturated rings. The highest BCUT2D eigenvalue weighted by Crippen LogP contribution is 2.13. The van der Waals surface area contributed by atoms with E-state index in [1.807, 2.05) is 47.1 Å². The Balaban J connectivity index is 1.26. The van der Waals surface area contributed by atoms with E-state index in [9.17, 15) is 4.79 Å². The fourth-order valence-corrected chi connectivity index (χ4v) is 3.60. The van der Waals surface area contributed by atoms with Gasteiger partial charge in [-0.15, -0.1) is 0 Å². The molecule has 1 aliphatic rings. The van der Waals surface area contributed by atoms with Crippen molar-refractivity contribution in [3.8, 4) is 0 Å². The van der Waals surface area contributed by atoms with E-state index in [-0.39, 0.29) is 6.03 Å². The zero-order chi connectivity index (χ0) is 17.9.